The molecule has 0 aliphatic carbocycles. The predicted molar refractivity (Wildman–Crippen MR) is 117 cm³/mol. The van der Waals surface area contributed by atoms with Crippen LogP contribution in [0.15, 0.2) is 42.5 Å². The molecule has 1 aliphatic rings. The molecule has 1 saturated heterocycles. The van der Waals surface area contributed by atoms with Gasteiger partial charge in [-0.3, -0.25) is 4.79 Å². The standard InChI is InChI=1S/C23H29NO4S/c1-4-5-6-14-28-18-9-7-17(8-10-18)22(25)24-13-15-29-23(24)20-16-19(26-2)11-12-21(20)27-3/h7-12,16,23H,4-6,13-15H2,1-3H3. The molecule has 2 aromatic rings. The Bertz CT molecular complexity index is 809. The maximum absolute atomic E-state index is 13.2. The van der Waals surface area contributed by atoms with Crippen LogP contribution in [0.4, 0.5) is 0 Å². The fraction of sp³-hybridized carbons (Fsp3) is 0.435. The third kappa shape index (κ3) is 5.18. The van der Waals surface area contributed by atoms with Gasteiger partial charge in [0.05, 0.1) is 20.8 Å². The number of carbonyl (C=O) groups is 1. The minimum atomic E-state index is -0.0995. The Kier molecular flexibility index (Phi) is 7.69. The topological polar surface area (TPSA) is 48.0 Å². The van der Waals surface area contributed by atoms with Gasteiger partial charge in [0.1, 0.15) is 22.6 Å². The number of rotatable bonds is 9. The van der Waals surface area contributed by atoms with E-state index >= 15 is 0 Å². The maximum Gasteiger partial charge on any atom is 0.255 e. The van der Waals surface area contributed by atoms with Gasteiger partial charge < -0.3 is 19.1 Å². The molecule has 5 nitrogen and oxygen atoms in total. The Hall–Kier alpha value is -2.34. The van der Waals surface area contributed by atoms with Gasteiger partial charge in [0.25, 0.3) is 5.91 Å². The van der Waals surface area contributed by atoms with Crippen LogP contribution in [0.5, 0.6) is 17.2 Å². The summed E-state index contributed by atoms with van der Waals surface area (Å²) >= 11 is 1.74. The van der Waals surface area contributed by atoms with Gasteiger partial charge in [0.2, 0.25) is 0 Å². The summed E-state index contributed by atoms with van der Waals surface area (Å²) in [6.07, 6.45) is 3.38. The molecule has 156 valence electrons. The highest BCUT2D eigenvalue weighted by atomic mass is 32.2. The number of carbonyl (C=O) groups excluding carboxylic acids is 1. The van der Waals surface area contributed by atoms with Gasteiger partial charge in [0, 0.05) is 23.4 Å². The van der Waals surface area contributed by atoms with Crippen molar-refractivity contribution in [2.45, 2.75) is 31.6 Å². The van der Waals surface area contributed by atoms with E-state index in [1.54, 1.807) is 26.0 Å². The van der Waals surface area contributed by atoms with E-state index in [-0.39, 0.29) is 11.3 Å². The minimum absolute atomic E-state index is 0.0161. The second-order valence-electron chi connectivity index (χ2n) is 6.91. The van der Waals surface area contributed by atoms with Crippen molar-refractivity contribution in [3.05, 3.63) is 53.6 Å². The lowest BCUT2D eigenvalue weighted by molar-refractivity contribution is 0.0759. The molecule has 0 N–H and O–H groups in total. The number of benzene rings is 2. The van der Waals surface area contributed by atoms with Gasteiger partial charge in [-0.05, 0) is 48.9 Å². The quantitative estimate of drug-likeness (QED) is 0.530. The van der Waals surface area contributed by atoms with E-state index in [0.29, 0.717) is 18.7 Å². The van der Waals surface area contributed by atoms with Crippen molar-refractivity contribution in [1.82, 2.24) is 4.90 Å². The summed E-state index contributed by atoms with van der Waals surface area (Å²) < 4.78 is 16.7. The largest absolute Gasteiger partial charge is 0.497 e. The average molecular weight is 416 g/mol. The van der Waals surface area contributed by atoms with Crippen molar-refractivity contribution in [1.29, 1.82) is 0 Å². The molecule has 0 spiro atoms. The Morgan fingerprint density at radius 3 is 2.52 bits per heavy atom. The van der Waals surface area contributed by atoms with Gasteiger partial charge in [-0.15, -0.1) is 11.8 Å². The first kappa shape index (κ1) is 21.4. The van der Waals surface area contributed by atoms with Gasteiger partial charge in [-0.1, -0.05) is 19.8 Å². The lowest BCUT2D eigenvalue weighted by Gasteiger charge is -2.26. The van der Waals surface area contributed by atoms with E-state index in [0.717, 1.165) is 41.4 Å². The molecule has 29 heavy (non-hydrogen) atoms. The molecule has 1 unspecified atom stereocenters. The van der Waals surface area contributed by atoms with Crippen molar-refractivity contribution in [3.8, 4) is 17.2 Å². The summed E-state index contributed by atoms with van der Waals surface area (Å²) in [5.41, 5.74) is 1.62. The number of thioether (sulfide) groups is 1. The van der Waals surface area contributed by atoms with E-state index in [1.807, 2.05) is 47.4 Å². The normalized spacial score (nSPS) is 16.0. The Morgan fingerprint density at radius 1 is 1.07 bits per heavy atom. The fourth-order valence-corrected chi connectivity index (χ4v) is 4.64. The SMILES string of the molecule is CCCCCOc1ccc(C(=O)N2CCSC2c2cc(OC)ccc2OC)cc1. The number of methoxy groups -OCH3 is 2. The maximum atomic E-state index is 13.2. The number of amides is 1. The number of unbranched alkanes of at least 4 members (excludes halogenated alkanes) is 2. The number of hydrogen-bond donors (Lipinski definition) is 0. The van der Waals surface area contributed by atoms with Gasteiger partial charge >= 0.3 is 0 Å². The summed E-state index contributed by atoms with van der Waals surface area (Å²) in [6, 6.07) is 13.2. The van der Waals surface area contributed by atoms with Crippen molar-refractivity contribution in [2.75, 3.05) is 33.1 Å². The van der Waals surface area contributed by atoms with Crippen molar-refractivity contribution in [2.24, 2.45) is 0 Å². The monoisotopic (exact) mass is 415 g/mol. The lowest BCUT2D eigenvalue weighted by Crippen LogP contribution is -2.30. The van der Waals surface area contributed by atoms with Crippen LogP contribution in [0.2, 0.25) is 0 Å². The molecule has 0 saturated carbocycles. The van der Waals surface area contributed by atoms with Crippen molar-refractivity contribution >= 4 is 17.7 Å². The molecule has 0 radical (unpaired) electrons. The third-order valence-corrected chi connectivity index (χ3v) is 6.22. The van der Waals surface area contributed by atoms with Crippen molar-refractivity contribution < 1.29 is 19.0 Å². The second kappa shape index (κ2) is 10.4. The molecule has 6 heteroatoms. The van der Waals surface area contributed by atoms with Crippen molar-refractivity contribution in [3.63, 3.8) is 0 Å². The van der Waals surface area contributed by atoms with E-state index in [1.165, 1.54) is 6.42 Å². The minimum Gasteiger partial charge on any atom is -0.497 e. The molecule has 1 fully saturated rings. The van der Waals surface area contributed by atoms with E-state index in [9.17, 15) is 4.79 Å². The Morgan fingerprint density at radius 2 is 1.83 bits per heavy atom. The molecule has 1 amide bonds. The molecule has 2 aromatic carbocycles. The number of nitrogens with zero attached hydrogens (tertiary/aromatic N) is 1. The van der Waals surface area contributed by atoms with Crippen LogP contribution in [-0.4, -0.2) is 43.9 Å². The lowest BCUT2D eigenvalue weighted by atomic mass is 10.1. The summed E-state index contributed by atoms with van der Waals surface area (Å²) in [5, 5.41) is -0.0995. The molecule has 0 bridgehead atoms. The molecule has 3 rings (SSSR count). The molecule has 1 heterocycles. The molecule has 0 aromatic heterocycles. The number of hydrogen-bond acceptors (Lipinski definition) is 5. The highest BCUT2D eigenvalue weighted by Crippen LogP contribution is 2.43. The first-order valence-corrected chi connectivity index (χ1v) is 11.1. The zero-order chi connectivity index (χ0) is 20.6. The molecular weight excluding hydrogens is 386 g/mol. The van der Waals surface area contributed by atoms with Crippen LogP contribution in [-0.2, 0) is 0 Å². The van der Waals surface area contributed by atoms with E-state index in [2.05, 4.69) is 6.92 Å². The van der Waals surface area contributed by atoms with Gasteiger partial charge in [0.15, 0.2) is 0 Å². The highest BCUT2D eigenvalue weighted by molar-refractivity contribution is 7.99. The highest BCUT2D eigenvalue weighted by Gasteiger charge is 2.33. The zero-order valence-electron chi connectivity index (χ0n) is 17.3. The van der Waals surface area contributed by atoms with Gasteiger partial charge in [-0.25, -0.2) is 0 Å². The smallest absolute Gasteiger partial charge is 0.255 e. The predicted octanol–water partition coefficient (Wildman–Crippen LogP) is 5.16. The Labute approximate surface area is 177 Å². The first-order chi connectivity index (χ1) is 14.2. The third-order valence-electron chi connectivity index (χ3n) is 4.97. The first-order valence-electron chi connectivity index (χ1n) is 10.0. The van der Waals surface area contributed by atoms with Crippen LogP contribution in [0.3, 0.4) is 0 Å². The zero-order valence-corrected chi connectivity index (χ0v) is 18.2. The Balaban J connectivity index is 1.73. The van der Waals surface area contributed by atoms with E-state index < -0.39 is 0 Å². The summed E-state index contributed by atoms with van der Waals surface area (Å²) in [6.45, 7) is 3.58. The van der Waals surface area contributed by atoms with Gasteiger partial charge in [-0.2, -0.15) is 0 Å². The van der Waals surface area contributed by atoms with Crippen LogP contribution < -0.4 is 14.2 Å². The van der Waals surface area contributed by atoms with Crippen LogP contribution >= 0.6 is 11.8 Å². The molecular formula is C23H29NO4S. The van der Waals surface area contributed by atoms with Crippen LogP contribution in [0.25, 0.3) is 0 Å². The molecule has 1 aliphatic heterocycles. The number of ether oxygens (including phenoxy) is 3. The summed E-state index contributed by atoms with van der Waals surface area (Å²) in [4.78, 5) is 15.1. The second-order valence-corrected chi connectivity index (χ2v) is 8.10. The fourth-order valence-electron chi connectivity index (χ4n) is 3.37. The van der Waals surface area contributed by atoms with E-state index in [4.69, 9.17) is 14.2 Å². The van der Waals surface area contributed by atoms with Crippen LogP contribution in [0.1, 0.15) is 47.5 Å². The molecule has 1 atom stereocenters. The summed E-state index contributed by atoms with van der Waals surface area (Å²) in [5.74, 6) is 3.22. The van der Waals surface area contributed by atoms with Crippen LogP contribution in [0, 0.1) is 0 Å². The average Bonchev–Trinajstić information content (AvgIpc) is 3.26. The summed E-state index contributed by atoms with van der Waals surface area (Å²) in [7, 11) is 3.29.